The van der Waals surface area contributed by atoms with Crippen LogP contribution in [-0.2, 0) is 20.6 Å². The Morgan fingerprint density at radius 3 is 2.45 bits per heavy atom. The summed E-state index contributed by atoms with van der Waals surface area (Å²) in [5.41, 5.74) is 0.223. The van der Waals surface area contributed by atoms with Crippen LogP contribution in [0.1, 0.15) is 20.8 Å². The Morgan fingerprint density at radius 1 is 1.20 bits per heavy atom. The molecule has 0 bridgehead atoms. The Balaban J connectivity index is 2.52. The van der Waals surface area contributed by atoms with Crippen LogP contribution in [0.2, 0.25) is 0 Å². The molecule has 0 aliphatic heterocycles. The minimum atomic E-state index is -0.360. The Hall–Kier alpha value is -1.89. The van der Waals surface area contributed by atoms with E-state index < -0.39 is 0 Å². The van der Waals surface area contributed by atoms with Gasteiger partial charge in [-0.15, -0.1) is 0 Å². The highest BCUT2D eigenvalue weighted by Crippen LogP contribution is 2.06. The van der Waals surface area contributed by atoms with E-state index in [2.05, 4.69) is 31.1 Å². The van der Waals surface area contributed by atoms with Crippen molar-refractivity contribution in [3.63, 3.8) is 0 Å². The van der Waals surface area contributed by atoms with Crippen LogP contribution in [-0.4, -0.2) is 30.8 Å². The second-order valence-electron chi connectivity index (χ2n) is 5.50. The van der Waals surface area contributed by atoms with Crippen molar-refractivity contribution in [2.24, 2.45) is 14.1 Å². The van der Waals surface area contributed by atoms with Crippen molar-refractivity contribution in [3.05, 3.63) is 27.2 Å². The molecule has 2 aromatic heterocycles. The maximum absolute atomic E-state index is 12.3. The Bertz CT molecular complexity index is 738. The topological polar surface area (TPSA) is 73.8 Å². The average molecular weight is 279 g/mol. The molecule has 1 unspecified atom stereocenters. The summed E-state index contributed by atoms with van der Waals surface area (Å²) in [6.07, 6.45) is 1.62. The summed E-state index contributed by atoms with van der Waals surface area (Å²) >= 11 is 0. The van der Waals surface area contributed by atoms with Crippen molar-refractivity contribution in [1.82, 2.24) is 24.0 Å². The van der Waals surface area contributed by atoms with Crippen LogP contribution in [0.3, 0.4) is 0 Å². The second-order valence-corrected chi connectivity index (χ2v) is 5.50. The van der Waals surface area contributed by atoms with Gasteiger partial charge in [-0.2, -0.15) is 0 Å². The van der Waals surface area contributed by atoms with E-state index in [9.17, 15) is 9.59 Å². The smallest absolute Gasteiger partial charge is 0.323 e. The van der Waals surface area contributed by atoms with Crippen molar-refractivity contribution in [2.75, 3.05) is 0 Å². The molecule has 0 amide bonds. The minimum absolute atomic E-state index is 0.203. The molecular formula is C13H21N5O2. The number of nitrogens with zero attached hydrogens (tertiary/aromatic N) is 4. The third kappa shape index (κ3) is 2.40. The molecule has 0 aromatic carbocycles. The van der Waals surface area contributed by atoms with Crippen LogP contribution < -0.4 is 16.6 Å². The van der Waals surface area contributed by atoms with E-state index in [4.69, 9.17) is 0 Å². The molecule has 0 fully saturated rings. The molecule has 2 rings (SSSR count). The van der Waals surface area contributed by atoms with E-state index in [1.54, 1.807) is 17.9 Å². The molecule has 110 valence electrons. The van der Waals surface area contributed by atoms with Gasteiger partial charge in [0, 0.05) is 32.7 Å². The largest absolute Gasteiger partial charge is 0.332 e. The van der Waals surface area contributed by atoms with Crippen LogP contribution in [0.15, 0.2) is 15.9 Å². The highest BCUT2D eigenvalue weighted by molar-refractivity contribution is 5.69. The highest BCUT2D eigenvalue weighted by atomic mass is 16.2. The predicted molar refractivity (Wildman–Crippen MR) is 77.9 cm³/mol. The van der Waals surface area contributed by atoms with Crippen LogP contribution in [0, 0.1) is 0 Å². The zero-order valence-corrected chi connectivity index (χ0v) is 12.5. The zero-order chi connectivity index (χ0) is 15.0. The van der Waals surface area contributed by atoms with Crippen molar-refractivity contribution in [2.45, 2.75) is 39.4 Å². The molecule has 0 spiro atoms. The molecular weight excluding hydrogens is 258 g/mol. The van der Waals surface area contributed by atoms with Gasteiger partial charge in [-0.25, -0.2) is 9.78 Å². The van der Waals surface area contributed by atoms with E-state index >= 15 is 0 Å². The zero-order valence-electron chi connectivity index (χ0n) is 12.5. The minimum Gasteiger partial charge on any atom is -0.323 e. The fraction of sp³-hybridized carbons (Fsp3) is 0.615. The molecule has 20 heavy (non-hydrogen) atoms. The van der Waals surface area contributed by atoms with Crippen LogP contribution >= 0.6 is 0 Å². The van der Waals surface area contributed by atoms with Gasteiger partial charge < -0.3 is 9.88 Å². The number of imidazole rings is 1. The van der Waals surface area contributed by atoms with Gasteiger partial charge in [0.1, 0.15) is 0 Å². The molecule has 1 N–H and O–H groups in total. The number of hydrogen-bond donors (Lipinski definition) is 1. The summed E-state index contributed by atoms with van der Waals surface area (Å²) < 4.78 is 4.31. The number of hydrogen-bond acceptors (Lipinski definition) is 4. The van der Waals surface area contributed by atoms with E-state index in [0.717, 1.165) is 4.57 Å². The van der Waals surface area contributed by atoms with Gasteiger partial charge in [-0.1, -0.05) is 13.8 Å². The summed E-state index contributed by atoms with van der Waals surface area (Å²) in [6, 6.07) is 0.571. The van der Waals surface area contributed by atoms with Gasteiger partial charge in [-0.3, -0.25) is 13.9 Å². The quantitative estimate of drug-likeness (QED) is 0.842. The van der Waals surface area contributed by atoms with Crippen LogP contribution in [0.4, 0.5) is 0 Å². The molecule has 2 aromatic rings. The number of nitrogens with one attached hydrogen (secondary N) is 1. The Labute approximate surface area is 116 Å². The molecule has 0 saturated heterocycles. The fourth-order valence-corrected chi connectivity index (χ4v) is 2.45. The highest BCUT2D eigenvalue weighted by Gasteiger charge is 2.15. The first-order valence-corrected chi connectivity index (χ1v) is 6.69. The van der Waals surface area contributed by atoms with Crippen LogP contribution in [0.25, 0.3) is 11.2 Å². The Morgan fingerprint density at radius 2 is 1.85 bits per heavy atom. The van der Waals surface area contributed by atoms with Gasteiger partial charge in [0.25, 0.3) is 5.56 Å². The van der Waals surface area contributed by atoms with E-state index in [1.807, 2.05) is 0 Å². The molecule has 7 heteroatoms. The van der Waals surface area contributed by atoms with Gasteiger partial charge in [0.15, 0.2) is 11.2 Å². The molecule has 0 aliphatic carbocycles. The standard InChI is InChI=1S/C13H21N5O2/c1-8(2)15-9(3)6-18-7-14-11-10(18)12(19)17(5)13(20)16(11)4/h7-9,15H,6H2,1-5H3. The summed E-state index contributed by atoms with van der Waals surface area (Å²) in [5.74, 6) is 0. The number of rotatable bonds is 4. The number of fused-ring (bicyclic) bond motifs is 1. The summed E-state index contributed by atoms with van der Waals surface area (Å²) in [4.78, 5) is 28.3. The van der Waals surface area contributed by atoms with Crippen molar-refractivity contribution in [3.8, 4) is 0 Å². The maximum Gasteiger partial charge on any atom is 0.332 e. The van der Waals surface area contributed by atoms with Gasteiger partial charge in [0.05, 0.1) is 6.33 Å². The third-order valence-corrected chi connectivity index (χ3v) is 3.31. The third-order valence-electron chi connectivity index (χ3n) is 3.31. The molecule has 2 heterocycles. The summed E-state index contributed by atoms with van der Waals surface area (Å²) in [7, 11) is 3.11. The molecule has 7 nitrogen and oxygen atoms in total. The first kappa shape index (κ1) is 14.5. The molecule has 0 radical (unpaired) electrons. The van der Waals surface area contributed by atoms with E-state index in [-0.39, 0.29) is 17.3 Å². The molecule has 1 atom stereocenters. The van der Waals surface area contributed by atoms with E-state index in [1.165, 1.54) is 11.6 Å². The monoisotopic (exact) mass is 279 g/mol. The normalized spacial score (nSPS) is 13.3. The van der Waals surface area contributed by atoms with E-state index in [0.29, 0.717) is 23.8 Å². The summed E-state index contributed by atoms with van der Waals surface area (Å²) in [6.45, 7) is 6.83. The van der Waals surface area contributed by atoms with Gasteiger partial charge >= 0.3 is 5.69 Å². The number of aromatic nitrogens is 4. The van der Waals surface area contributed by atoms with Gasteiger partial charge in [0.2, 0.25) is 0 Å². The average Bonchev–Trinajstić information content (AvgIpc) is 2.76. The summed E-state index contributed by atoms with van der Waals surface area (Å²) in [5, 5.41) is 3.38. The van der Waals surface area contributed by atoms with Crippen molar-refractivity contribution >= 4 is 11.2 Å². The molecule has 0 saturated carbocycles. The van der Waals surface area contributed by atoms with Crippen LogP contribution in [0.5, 0.6) is 0 Å². The SMILES string of the molecule is CC(C)NC(C)Cn1cnc2c1c(=O)n(C)c(=O)n2C. The fourth-order valence-electron chi connectivity index (χ4n) is 2.45. The first-order valence-electron chi connectivity index (χ1n) is 6.69. The lowest BCUT2D eigenvalue weighted by atomic mass is 10.3. The predicted octanol–water partition coefficient (Wildman–Crippen LogP) is -0.180. The lowest BCUT2D eigenvalue weighted by Crippen LogP contribution is -2.39. The lowest BCUT2D eigenvalue weighted by molar-refractivity contribution is 0.442. The van der Waals surface area contributed by atoms with Crippen molar-refractivity contribution in [1.29, 1.82) is 0 Å². The lowest BCUT2D eigenvalue weighted by Gasteiger charge is -2.17. The molecule has 0 aliphatic rings. The second kappa shape index (κ2) is 5.24. The number of aryl methyl sites for hydroxylation is 1. The van der Waals surface area contributed by atoms with Gasteiger partial charge in [-0.05, 0) is 6.92 Å². The van der Waals surface area contributed by atoms with Crippen molar-refractivity contribution < 1.29 is 0 Å². The Kier molecular flexibility index (Phi) is 3.80. The maximum atomic E-state index is 12.3. The first-order chi connectivity index (χ1) is 9.32.